The van der Waals surface area contributed by atoms with E-state index >= 15 is 0 Å². The fraction of sp³-hybridized carbons (Fsp3) is 0.312. The molecule has 0 unspecified atom stereocenters. The summed E-state index contributed by atoms with van der Waals surface area (Å²) in [4.78, 5) is 52.6. The normalized spacial score (nSPS) is 16.2. The van der Waals surface area contributed by atoms with E-state index in [1.54, 1.807) is 53.4 Å². The van der Waals surface area contributed by atoms with E-state index in [9.17, 15) is 24.3 Å². The Labute approximate surface area is 249 Å². The molecule has 0 fully saturated rings. The summed E-state index contributed by atoms with van der Waals surface area (Å²) in [5, 5.41) is 19.1. The van der Waals surface area contributed by atoms with Crippen LogP contribution in [0.2, 0.25) is 0 Å². The van der Waals surface area contributed by atoms with Gasteiger partial charge in [0.25, 0.3) is 17.7 Å². The summed E-state index contributed by atoms with van der Waals surface area (Å²) < 4.78 is 10.9. The van der Waals surface area contributed by atoms with Crippen LogP contribution in [0.3, 0.4) is 0 Å². The Hall–Kier alpha value is -5.06. The zero-order valence-corrected chi connectivity index (χ0v) is 23.9. The van der Waals surface area contributed by atoms with Gasteiger partial charge >= 0.3 is 0 Å². The third-order valence-corrected chi connectivity index (χ3v) is 7.42. The van der Waals surface area contributed by atoms with E-state index in [2.05, 4.69) is 16.0 Å². The van der Waals surface area contributed by atoms with Crippen LogP contribution in [0.25, 0.3) is 11.1 Å². The second-order valence-corrected chi connectivity index (χ2v) is 10.4. The number of phenolic OH excluding ortho intramolecular Hbond substituents is 1. The summed E-state index contributed by atoms with van der Waals surface area (Å²) in [5.74, 6) is -0.0593. The van der Waals surface area contributed by atoms with Gasteiger partial charge in [-0.3, -0.25) is 19.2 Å². The SMILES string of the molecule is COc1ccc2cc1C(=O)NCCCN(C(=O)c1ccc3c(c1)OCC(=O)N3)CCCC(=O)NCCc1ccc(O)c-2c1. The molecule has 4 amide bonds. The van der Waals surface area contributed by atoms with Gasteiger partial charge < -0.3 is 35.4 Å². The largest absolute Gasteiger partial charge is 0.507 e. The summed E-state index contributed by atoms with van der Waals surface area (Å²) in [7, 11) is 1.49. The molecule has 3 aromatic carbocycles. The summed E-state index contributed by atoms with van der Waals surface area (Å²) in [6, 6.07) is 15.3. The van der Waals surface area contributed by atoms with E-state index in [-0.39, 0.29) is 49.0 Å². The predicted molar refractivity (Wildman–Crippen MR) is 159 cm³/mol. The molecule has 0 saturated carbocycles. The number of anilines is 1. The lowest BCUT2D eigenvalue weighted by atomic mass is 9.98. The molecule has 2 aliphatic heterocycles. The van der Waals surface area contributed by atoms with Crippen molar-refractivity contribution in [1.82, 2.24) is 15.5 Å². The molecule has 0 saturated heterocycles. The minimum Gasteiger partial charge on any atom is -0.507 e. The van der Waals surface area contributed by atoms with E-state index in [1.165, 1.54) is 7.11 Å². The molecule has 11 heteroatoms. The van der Waals surface area contributed by atoms with Crippen molar-refractivity contribution in [3.05, 3.63) is 71.3 Å². The Morgan fingerprint density at radius 3 is 2.56 bits per heavy atom. The van der Waals surface area contributed by atoms with Crippen molar-refractivity contribution in [3.8, 4) is 28.4 Å². The van der Waals surface area contributed by atoms with Crippen LogP contribution in [0, 0.1) is 0 Å². The van der Waals surface area contributed by atoms with Gasteiger partial charge in [0, 0.05) is 43.7 Å². The third-order valence-electron chi connectivity index (χ3n) is 7.42. The van der Waals surface area contributed by atoms with Gasteiger partial charge in [-0.05, 0) is 72.9 Å². The summed E-state index contributed by atoms with van der Waals surface area (Å²) in [6.07, 6.45) is 1.71. The Balaban J connectivity index is 1.36. The molecule has 0 radical (unpaired) electrons. The number of fused-ring (bicyclic) bond motifs is 6. The molecule has 2 aliphatic rings. The van der Waals surface area contributed by atoms with Crippen LogP contribution in [-0.4, -0.2) is 73.5 Å². The van der Waals surface area contributed by atoms with E-state index < -0.39 is 0 Å². The quantitative estimate of drug-likeness (QED) is 0.361. The fourth-order valence-electron chi connectivity index (χ4n) is 5.16. The molecule has 2 heterocycles. The standard InChI is InChI=1S/C32H34N4O7/c1-42-27-10-7-21-17-24(27)31(40)34-12-3-15-36(32(41)22-6-8-25-28(18-22)43-19-30(39)35-25)14-2-4-29(38)33-13-11-20-5-9-26(37)23(21)16-20/h5-10,16-18,37H,2-4,11-15,19H2,1H3,(H,33,38)(H,34,40)(H,35,39). The summed E-state index contributed by atoms with van der Waals surface area (Å²) in [5.41, 5.74) is 3.36. The number of ether oxygens (including phenoxy) is 2. The number of carbonyl (C=O) groups is 4. The van der Waals surface area contributed by atoms with Gasteiger partial charge in [-0.1, -0.05) is 12.1 Å². The number of amides is 4. The van der Waals surface area contributed by atoms with Crippen LogP contribution in [-0.2, 0) is 16.0 Å². The van der Waals surface area contributed by atoms with E-state index in [1.807, 2.05) is 6.07 Å². The topological polar surface area (TPSA) is 146 Å². The Morgan fingerprint density at radius 2 is 1.72 bits per heavy atom. The van der Waals surface area contributed by atoms with Crippen molar-refractivity contribution < 1.29 is 33.8 Å². The van der Waals surface area contributed by atoms with Crippen LogP contribution < -0.4 is 25.4 Å². The number of phenols is 1. The lowest BCUT2D eigenvalue weighted by Gasteiger charge is -2.24. The van der Waals surface area contributed by atoms with Crippen LogP contribution in [0.1, 0.15) is 45.5 Å². The molecule has 0 spiro atoms. The lowest BCUT2D eigenvalue weighted by molar-refractivity contribution is -0.121. The van der Waals surface area contributed by atoms with E-state index in [0.717, 1.165) is 5.56 Å². The highest BCUT2D eigenvalue weighted by atomic mass is 16.5. The van der Waals surface area contributed by atoms with E-state index in [0.29, 0.717) is 78.3 Å². The zero-order valence-electron chi connectivity index (χ0n) is 23.9. The molecule has 224 valence electrons. The number of nitrogens with zero attached hydrogens (tertiary/aromatic N) is 1. The van der Waals surface area contributed by atoms with Gasteiger partial charge in [-0.25, -0.2) is 0 Å². The van der Waals surface area contributed by atoms with Gasteiger partial charge in [0.15, 0.2) is 6.61 Å². The minimum absolute atomic E-state index is 0.0789. The highest BCUT2D eigenvalue weighted by Gasteiger charge is 2.22. The number of aromatic hydroxyl groups is 1. The second-order valence-electron chi connectivity index (χ2n) is 10.4. The summed E-state index contributed by atoms with van der Waals surface area (Å²) in [6.45, 7) is 1.26. The maximum absolute atomic E-state index is 13.5. The highest BCUT2D eigenvalue weighted by molar-refractivity contribution is 5.99. The van der Waals surface area contributed by atoms with Crippen LogP contribution in [0.4, 0.5) is 5.69 Å². The zero-order chi connectivity index (χ0) is 30.3. The highest BCUT2D eigenvalue weighted by Crippen LogP contribution is 2.33. The summed E-state index contributed by atoms with van der Waals surface area (Å²) >= 11 is 0. The smallest absolute Gasteiger partial charge is 0.262 e. The molecule has 5 rings (SSSR count). The van der Waals surface area contributed by atoms with Crippen LogP contribution in [0.5, 0.6) is 17.2 Å². The molecule has 0 atom stereocenters. The Morgan fingerprint density at radius 1 is 0.884 bits per heavy atom. The number of methoxy groups -OCH3 is 1. The van der Waals surface area contributed by atoms with Crippen molar-refractivity contribution in [1.29, 1.82) is 0 Å². The third kappa shape index (κ3) is 7.06. The molecule has 0 aliphatic carbocycles. The Kier molecular flexibility index (Phi) is 9.09. The molecule has 11 nitrogen and oxygen atoms in total. The lowest BCUT2D eigenvalue weighted by Crippen LogP contribution is -2.36. The van der Waals surface area contributed by atoms with Gasteiger partial charge in [-0.15, -0.1) is 0 Å². The first-order valence-corrected chi connectivity index (χ1v) is 14.2. The number of benzene rings is 3. The molecular weight excluding hydrogens is 552 g/mol. The fourth-order valence-corrected chi connectivity index (χ4v) is 5.16. The number of carbonyl (C=O) groups excluding carboxylic acids is 4. The monoisotopic (exact) mass is 586 g/mol. The Bertz CT molecular complexity index is 1550. The van der Waals surface area contributed by atoms with Crippen molar-refractivity contribution in [2.45, 2.75) is 25.7 Å². The molecule has 3 aromatic rings. The first-order chi connectivity index (χ1) is 20.8. The predicted octanol–water partition coefficient (Wildman–Crippen LogP) is 3.11. The maximum atomic E-state index is 13.5. The number of hydrogen-bond acceptors (Lipinski definition) is 7. The average Bonchev–Trinajstić information content (AvgIpc) is 3.01. The van der Waals surface area contributed by atoms with Crippen molar-refractivity contribution in [2.24, 2.45) is 0 Å². The average molecular weight is 587 g/mol. The van der Waals surface area contributed by atoms with Gasteiger partial charge in [0.2, 0.25) is 5.91 Å². The molecule has 43 heavy (non-hydrogen) atoms. The molecule has 4 bridgehead atoms. The molecular formula is C32H34N4O7. The number of hydrogen-bond donors (Lipinski definition) is 4. The van der Waals surface area contributed by atoms with Crippen LogP contribution in [0.15, 0.2) is 54.6 Å². The van der Waals surface area contributed by atoms with E-state index in [4.69, 9.17) is 9.47 Å². The van der Waals surface area contributed by atoms with Crippen molar-refractivity contribution in [2.75, 3.05) is 45.2 Å². The first-order valence-electron chi connectivity index (χ1n) is 14.2. The minimum atomic E-state index is -0.339. The van der Waals surface area contributed by atoms with Crippen molar-refractivity contribution in [3.63, 3.8) is 0 Å². The number of nitrogens with one attached hydrogen (secondary N) is 3. The molecule has 4 N–H and O–H groups in total. The van der Waals surface area contributed by atoms with Gasteiger partial charge in [0.05, 0.1) is 18.4 Å². The van der Waals surface area contributed by atoms with Gasteiger partial charge in [0.1, 0.15) is 17.2 Å². The van der Waals surface area contributed by atoms with Crippen molar-refractivity contribution >= 4 is 29.3 Å². The maximum Gasteiger partial charge on any atom is 0.262 e. The van der Waals surface area contributed by atoms with Crippen LogP contribution >= 0.6 is 0 Å². The molecule has 0 aromatic heterocycles. The number of rotatable bonds is 2. The second kappa shape index (κ2) is 13.3. The first kappa shape index (κ1) is 29.4. The van der Waals surface area contributed by atoms with Gasteiger partial charge in [-0.2, -0.15) is 0 Å².